The zero-order valence-electron chi connectivity index (χ0n) is 11.7. The second-order valence-corrected chi connectivity index (χ2v) is 5.89. The normalized spacial score (nSPS) is 21.1. The van der Waals surface area contributed by atoms with Gasteiger partial charge >= 0.3 is 6.03 Å². The highest BCUT2D eigenvalue weighted by molar-refractivity contribution is 5.74. The molecule has 0 spiro atoms. The van der Waals surface area contributed by atoms with Gasteiger partial charge in [-0.2, -0.15) is 0 Å². The molecule has 1 heterocycles. The molecule has 0 aromatic heterocycles. The van der Waals surface area contributed by atoms with E-state index in [4.69, 9.17) is 4.74 Å². The molecular formula is C14H26N2O2. The highest BCUT2D eigenvalue weighted by Crippen LogP contribution is 2.28. The summed E-state index contributed by atoms with van der Waals surface area (Å²) in [7, 11) is 1.88. The van der Waals surface area contributed by atoms with E-state index < -0.39 is 0 Å². The number of urea groups is 1. The van der Waals surface area contributed by atoms with Gasteiger partial charge in [0.25, 0.3) is 0 Å². The van der Waals surface area contributed by atoms with Crippen molar-refractivity contribution in [2.75, 3.05) is 39.9 Å². The van der Waals surface area contributed by atoms with Gasteiger partial charge in [0.05, 0.1) is 6.61 Å². The lowest BCUT2D eigenvalue weighted by Gasteiger charge is -2.33. The number of carbonyl (C=O) groups excluding carboxylic acids is 1. The van der Waals surface area contributed by atoms with Crippen LogP contribution < -0.4 is 0 Å². The number of ether oxygens (including phenoxy) is 1. The number of hydrogen-bond acceptors (Lipinski definition) is 2. The van der Waals surface area contributed by atoms with Crippen LogP contribution in [0.3, 0.4) is 0 Å². The number of carbonyl (C=O) groups is 1. The van der Waals surface area contributed by atoms with Gasteiger partial charge in [-0.3, -0.25) is 0 Å². The van der Waals surface area contributed by atoms with Gasteiger partial charge in [-0.1, -0.05) is 6.92 Å². The molecule has 18 heavy (non-hydrogen) atoms. The molecule has 0 radical (unpaired) electrons. The van der Waals surface area contributed by atoms with Crippen molar-refractivity contribution in [2.24, 2.45) is 11.8 Å². The molecule has 2 amide bonds. The van der Waals surface area contributed by atoms with Gasteiger partial charge in [-0.25, -0.2) is 4.79 Å². The standard InChI is InChI=1S/C14H26N2O2/c1-12-5-7-16(8-6-12)14(17)15(2)9-10-18-11-13-3-4-13/h12-13H,3-11H2,1-2H3. The molecule has 4 heteroatoms. The molecule has 1 aliphatic carbocycles. The van der Waals surface area contributed by atoms with Gasteiger partial charge in [0, 0.05) is 33.3 Å². The van der Waals surface area contributed by atoms with E-state index in [0.717, 1.165) is 44.4 Å². The summed E-state index contributed by atoms with van der Waals surface area (Å²) >= 11 is 0. The monoisotopic (exact) mass is 254 g/mol. The first-order valence-electron chi connectivity index (χ1n) is 7.24. The first-order chi connectivity index (χ1) is 8.66. The van der Waals surface area contributed by atoms with Gasteiger partial charge in [0.2, 0.25) is 0 Å². The molecule has 0 N–H and O–H groups in total. The lowest BCUT2D eigenvalue weighted by Crippen LogP contribution is -2.45. The van der Waals surface area contributed by atoms with Crippen molar-refractivity contribution in [3.8, 4) is 0 Å². The molecule has 2 fully saturated rings. The minimum absolute atomic E-state index is 0.164. The molecule has 0 aromatic carbocycles. The first kappa shape index (κ1) is 13.7. The molecule has 2 aliphatic rings. The highest BCUT2D eigenvalue weighted by atomic mass is 16.5. The van der Waals surface area contributed by atoms with E-state index in [-0.39, 0.29) is 6.03 Å². The number of nitrogens with zero attached hydrogens (tertiary/aromatic N) is 2. The van der Waals surface area contributed by atoms with Gasteiger partial charge in [-0.05, 0) is 37.5 Å². The van der Waals surface area contributed by atoms with Crippen LogP contribution in [0, 0.1) is 11.8 Å². The molecular weight excluding hydrogens is 228 g/mol. The fourth-order valence-electron chi connectivity index (χ4n) is 2.27. The minimum Gasteiger partial charge on any atom is -0.379 e. The Bertz CT molecular complexity index is 271. The van der Waals surface area contributed by atoms with Crippen LogP contribution >= 0.6 is 0 Å². The van der Waals surface area contributed by atoms with Crippen LogP contribution in [0.1, 0.15) is 32.6 Å². The Kier molecular flexibility index (Phi) is 4.87. The molecule has 0 bridgehead atoms. The summed E-state index contributed by atoms with van der Waals surface area (Å²) in [5.41, 5.74) is 0. The van der Waals surface area contributed by atoms with Gasteiger partial charge in [-0.15, -0.1) is 0 Å². The predicted molar refractivity (Wildman–Crippen MR) is 71.5 cm³/mol. The van der Waals surface area contributed by atoms with Crippen LogP contribution in [0.2, 0.25) is 0 Å². The van der Waals surface area contributed by atoms with E-state index in [0.29, 0.717) is 13.2 Å². The summed E-state index contributed by atoms with van der Waals surface area (Å²) < 4.78 is 5.57. The quantitative estimate of drug-likeness (QED) is 0.705. The van der Waals surface area contributed by atoms with E-state index in [2.05, 4.69) is 6.92 Å². The summed E-state index contributed by atoms with van der Waals surface area (Å²) in [4.78, 5) is 15.9. The Hall–Kier alpha value is -0.770. The Labute approximate surface area is 110 Å². The van der Waals surface area contributed by atoms with Crippen molar-refractivity contribution < 1.29 is 9.53 Å². The highest BCUT2D eigenvalue weighted by Gasteiger charge is 2.23. The molecule has 1 saturated heterocycles. The number of rotatable bonds is 5. The van der Waals surface area contributed by atoms with Crippen LogP contribution in [-0.2, 0) is 4.74 Å². The minimum atomic E-state index is 0.164. The molecule has 2 rings (SSSR count). The Morgan fingerprint density at radius 3 is 2.56 bits per heavy atom. The SMILES string of the molecule is CC1CCN(C(=O)N(C)CCOCC2CC2)CC1. The van der Waals surface area contributed by atoms with Gasteiger partial charge in [0.15, 0.2) is 0 Å². The summed E-state index contributed by atoms with van der Waals surface area (Å²) in [5.74, 6) is 1.57. The molecule has 0 aromatic rings. The van der Waals surface area contributed by atoms with E-state index in [9.17, 15) is 4.79 Å². The topological polar surface area (TPSA) is 32.8 Å². The van der Waals surface area contributed by atoms with E-state index in [1.807, 2.05) is 11.9 Å². The molecule has 0 atom stereocenters. The molecule has 1 saturated carbocycles. The van der Waals surface area contributed by atoms with Crippen LogP contribution in [0.4, 0.5) is 4.79 Å². The smallest absolute Gasteiger partial charge is 0.319 e. The van der Waals surface area contributed by atoms with Crippen LogP contribution in [0.15, 0.2) is 0 Å². The largest absolute Gasteiger partial charge is 0.379 e. The van der Waals surface area contributed by atoms with Crippen molar-refractivity contribution in [2.45, 2.75) is 32.6 Å². The zero-order chi connectivity index (χ0) is 13.0. The summed E-state index contributed by atoms with van der Waals surface area (Å²) in [6, 6.07) is 0.164. The Morgan fingerprint density at radius 2 is 1.94 bits per heavy atom. The third-order valence-corrected chi connectivity index (χ3v) is 4.00. The lowest BCUT2D eigenvalue weighted by molar-refractivity contribution is 0.0955. The first-order valence-corrected chi connectivity index (χ1v) is 7.24. The third kappa shape index (κ3) is 4.16. The third-order valence-electron chi connectivity index (χ3n) is 4.00. The fraction of sp³-hybridized carbons (Fsp3) is 0.929. The Balaban J connectivity index is 1.60. The van der Waals surface area contributed by atoms with Gasteiger partial charge < -0.3 is 14.5 Å². The lowest BCUT2D eigenvalue weighted by atomic mass is 10.00. The second-order valence-electron chi connectivity index (χ2n) is 5.89. The van der Waals surface area contributed by atoms with Crippen molar-refractivity contribution in [3.05, 3.63) is 0 Å². The zero-order valence-corrected chi connectivity index (χ0v) is 11.7. The van der Waals surface area contributed by atoms with Crippen LogP contribution in [0.5, 0.6) is 0 Å². The van der Waals surface area contributed by atoms with E-state index >= 15 is 0 Å². The summed E-state index contributed by atoms with van der Waals surface area (Å²) in [6.45, 7) is 6.33. The molecule has 1 aliphatic heterocycles. The molecule has 0 unspecified atom stereocenters. The molecule has 104 valence electrons. The fourth-order valence-corrected chi connectivity index (χ4v) is 2.27. The van der Waals surface area contributed by atoms with Crippen molar-refractivity contribution >= 4 is 6.03 Å². The number of amides is 2. The van der Waals surface area contributed by atoms with Crippen LogP contribution in [-0.4, -0.2) is 55.7 Å². The second kappa shape index (κ2) is 6.41. The van der Waals surface area contributed by atoms with Crippen molar-refractivity contribution in [1.29, 1.82) is 0 Å². The number of piperidine rings is 1. The van der Waals surface area contributed by atoms with Crippen molar-refractivity contribution in [1.82, 2.24) is 9.80 Å². The maximum Gasteiger partial charge on any atom is 0.319 e. The average molecular weight is 254 g/mol. The van der Waals surface area contributed by atoms with Gasteiger partial charge in [0.1, 0.15) is 0 Å². The summed E-state index contributed by atoms with van der Waals surface area (Å²) in [5, 5.41) is 0. The average Bonchev–Trinajstić information content (AvgIpc) is 3.18. The maximum atomic E-state index is 12.1. The van der Waals surface area contributed by atoms with Crippen LogP contribution in [0.25, 0.3) is 0 Å². The number of likely N-dealkylation sites (N-methyl/N-ethyl adjacent to an activating group) is 1. The molecule has 4 nitrogen and oxygen atoms in total. The number of hydrogen-bond donors (Lipinski definition) is 0. The summed E-state index contributed by atoms with van der Waals surface area (Å²) in [6.07, 6.45) is 4.91. The predicted octanol–water partition coefficient (Wildman–Crippen LogP) is 2.20. The Morgan fingerprint density at radius 1 is 1.28 bits per heavy atom. The van der Waals surface area contributed by atoms with Crippen molar-refractivity contribution in [3.63, 3.8) is 0 Å². The number of likely N-dealkylation sites (tertiary alicyclic amines) is 1. The van der Waals surface area contributed by atoms with E-state index in [1.165, 1.54) is 12.8 Å². The van der Waals surface area contributed by atoms with E-state index in [1.54, 1.807) is 4.90 Å². The maximum absolute atomic E-state index is 12.1.